The molecule has 0 aromatic heterocycles. The maximum atomic E-state index is 9.52. The molecule has 0 radical (unpaired) electrons. The number of para-hydroxylation sites is 1. The van der Waals surface area contributed by atoms with Gasteiger partial charge in [0.05, 0.1) is 17.6 Å². The van der Waals surface area contributed by atoms with Gasteiger partial charge in [-0.2, -0.15) is 0 Å². The molecule has 1 atom stereocenters. The van der Waals surface area contributed by atoms with Crippen LogP contribution in [-0.4, -0.2) is 17.6 Å². The molecule has 0 bridgehead atoms. The predicted octanol–water partition coefficient (Wildman–Crippen LogP) is 2.92. The number of rotatable bonds is 2. The van der Waals surface area contributed by atoms with Crippen LogP contribution >= 0.6 is 11.6 Å². The first kappa shape index (κ1) is 12.8. The van der Waals surface area contributed by atoms with Crippen LogP contribution in [0.1, 0.15) is 11.6 Å². The molecule has 1 unspecified atom stereocenters. The Morgan fingerprint density at radius 2 is 1.95 bits per heavy atom. The van der Waals surface area contributed by atoms with Crippen LogP contribution in [0.15, 0.2) is 53.5 Å². The number of nitrogens with zero attached hydrogens (tertiary/aromatic N) is 2. The molecule has 1 aliphatic rings. The van der Waals surface area contributed by atoms with E-state index in [1.807, 2.05) is 41.3 Å². The molecule has 1 aliphatic heterocycles. The topological polar surface area (TPSA) is 61.9 Å². The van der Waals surface area contributed by atoms with Gasteiger partial charge in [0.15, 0.2) is 5.96 Å². The quantitative estimate of drug-likeness (QED) is 0.893. The molecule has 0 amide bonds. The first-order chi connectivity index (χ1) is 9.66. The van der Waals surface area contributed by atoms with E-state index in [4.69, 9.17) is 17.3 Å². The van der Waals surface area contributed by atoms with E-state index in [2.05, 4.69) is 4.99 Å². The fourth-order valence-corrected chi connectivity index (χ4v) is 2.57. The molecule has 102 valence electrons. The van der Waals surface area contributed by atoms with Crippen molar-refractivity contribution in [3.63, 3.8) is 0 Å². The maximum absolute atomic E-state index is 9.52. The number of aromatic hydroxyl groups is 1. The Balaban J connectivity index is 1.99. The average Bonchev–Trinajstić information content (AvgIpc) is 2.85. The summed E-state index contributed by atoms with van der Waals surface area (Å²) in [7, 11) is 0. The van der Waals surface area contributed by atoms with Crippen molar-refractivity contribution in [1.29, 1.82) is 0 Å². The Labute approximate surface area is 122 Å². The van der Waals surface area contributed by atoms with Crippen LogP contribution in [0.4, 0.5) is 5.69 Å². The van der Waals surface area contributed by atoms with E-state index in [0.717, 1.165) is 11.3 Å². The molecule has 2 aromatic rings. The number of hydrogen-bond donors (Lipinski definition) is 2. The molecule has 5 heteroatoms. The molecule has 0 fully saturated rings. The highest BCUT2D eigenvalue weighted by atomic mass is 35.5. The van der Waals surface area contributed by atoms with Crippen molar-refractivity contribution < 1.29 is 5.11 Å². The van der Waals surface area contributed by atoms with Gasteiger partial charge in [0, 0.05) is 5.69 Å². The van der Waals surface area contributed by atoms with Gasteiger partial charge in [0.2, 0.25) is 0 Å². The molecule has 1 heterocycles. The number of anilines is 1. The van der Waals surface area contributed by atoms with E-state index in [1.165, 1.54) is 0 Å². The predicted molar refractivity (Wildman–Crippen MR) is 81.3 cm³/mol. The Morgan fingerprint density at radius 3 is 2.65 bits per heavy atom. The van der Waals surface area contributed by atoms with Crippen LogP contribution in [-0.2, 0) is 0 Å². The second-order valence-corrected chi connectivity index (χ2v) is 5.04. The van der Waals surface area contributed by atoms with E-state index < -0.39 is 0 Å². The average molecular weight is 288 g/mol. The summed E-state index contributed by atoms with van der Waals surface area (Å²) in [6, 6.07) is 15.0. The van der Waals surface area contributed by atoms with E-state index in [1.54, 1.807) is 12.1 Å². The lowest BCUT2D eigenvalue weighted by molar-refractivity contribution is 0.475. The van der Waals surface area contributed by atoms with Crippen LogP contribution in [0.5, 0.6) is 5.75 Å². The van der Waals surface area contributed by atoms with Gasteiger partial charge >= 0.3 is 0 Å². The molecular weight excluding hydrogens is 274 g/mol. The second-order valence-electron chi connectivity index (χ2n) is 4.63. The van der Waals surface area contributed by atoms with Gasteiger partial charge < -0.3 is 15.7 Å². The number of guanidine groups is 1. The van der Waals surface area contributed by atoms with Crippen LogP contribution < -0.4 is 10.6 Å². The first-order valence-corrected chi connectivity index (χ1v) is 6.67. The zero-order chi connectivity index (χ0) is 14.1. The number of halogens is 1. The van der Waals surface area contributed by atoms with Crippen LogP contribution in [0, 0.1) is 0 Å². The molecule has 3 N–H and O–H groups in total. The Kier molecular flexibility index (Phi) is 3.24. The summed E-state index contributed by atoms with van der Waals surface area (Å²) in [5, 5.41) is 9.86. The van der Waals surface area contributed by atoms with Crippen LogP contribution in [0.25, 0.3) is 0 Å². The lowest BCUT2D eigenvalue weighted by Crippen LogP contribution is -2.36. The molecule has 0 aliphatic carbocycles. The Bertz CT molecular complexity index is 657. The van der Waals surface area contributed by atoms with Crippen molar-refractivity contribution in [1.82, 2.24) is 0 Å². The van der Waals surface area contributed by atoms with Gasteiger partial charge in [-0.1, -0.05) is 35.9 Å². The third kappa shape index (κ3) is 2.18. The Hall–Kier alpha value is -2.20. The number of aliphatic imine (C=N–C) groups is 1. The summed E-state index contributed by atoms with van der Waals surface area (Å²) in [5.74, 6) is 0.568. The summed E-state index contributed by atoms with van der Waals surface area (Å²) in [5.41, 5.74) is 7.96. The number of nitrogens with two attached hydrogens (primary N) is 1. The SMILES string of the molecule is NC1=NCC(c2ccc(O)c(Cl)c2)N1c1ccccc1. The minimum absolute atomic E-state index is 0.00417. The molecule has 2 aromatic carbocycles. The summed E-state index contributed by atoms with van der Waals surface area (Å²) in [4.78, 5) is 6.29. The highest BCUT2D eigenvalue weighted by Crippen LogP contribution is 2.34. The maximum Gasteiger partial charge on any atom is 0.196 e. The van der Waals surface area contributed by atoms with Crippen molar-refractivity contribution in [2.45, 2.75) is 6.04 Å². The lowest BCUT2D eigenvalue weighted by atomic mass is 10.1. The van der Waals surface area contributed by atoms with Crippen molar-refractivity contribution in [2.75, 3.05) is 11.4 Å². The van der Waals surface area contributed by atoms with Gasteiger partial charge in [0.1, 0.15) is 5.75 Å². The largest absolute Gasteiger partial charge is 0.506 e. The lowest BCUT2D eigenvalue weighted by Gasteiger charge is -2.26. The Morgan fingerprint density at radius 1 is 1.20 bits per heavy atom. The number of phenols is 1. The van der Waals surface area contributed by atoms with E-state index in [-0.39, 0.29) is 11.8 Å². The summed E-state index contributed by atoms with van der Waals surface area (Å²) in [6.45, 7) is 0.571. The number of benzene rings is 2. The summed E-state index contributed by atoms with van der Waals surface area (Å²) >= 11 is 5.99. The van der Waals surface area contributed by atoms with E-state index in [9.17, 15) is 5.11 Å². The smallest absolute Gasteiger partial charge is 0.196 e. The normalized spacial score (nSPS) is 18.1. The van der Waals surface area contributed by atoms with Crippen molar-refractivity contribution in [3.05, 3.63) is 59.1 Å². The minimum atomic E-state index is -0.00417. The molecule has 4 nitrogen and oxygen atoms in total. The molecule has 0 saturated carbocycles. The highest BCUT2D eigenvalue weighted by molar-refractivity contribution is 6.32. The number of phenolic OH excluding ortho intramolecular Hbond substituents is 1. The summed E-state index contributed by atoms with van der Waals surface area (Å²) in [6.07, 6.45) is 0. The minimum Gasteiger partial charge on any atom is -0.506 e. The van der Waals surface area contributed by atoms with E-state index in [0.29, 0.717) is 17.5 Å². The monoisotopic (exact) mass is 287 g/mol. The molecular formula is C15H14ClN3O. The van der Waals surface area contributed by atoms with Crippen LogP contribution in [0.3, 0.4) is 0 Å². The van der Waals surface area contributed by atoms with Crippen LogP contribution in [0.2, 0.25) is 5.02 Å². The molecule has 20 heavy (non-hydrogen) atoms. The van der Waals surface area contributed by atoms with Crippen molar-refractivity contribution >= 4 is 23.2 Å². The van der Waals surface area contributed by atoms with Crippen molar-refractivity contribution in [3.8, 4) is 5.75 Å². The summed E-state index contributed by atoms with van der Waals surface area (Å²) < 4.78 is 0. The number of hydrogen-bond acceptors (Lipinski definition) is 4. The van der Waals surface area contributed by atoms with Gasteiger partial charge in [-0.25, -0.2) is 0 Å². The molecule has 0 spiro atoms. The molecule has 0 saturated heterocycles. The fourth-order valence-electron chi connectivity index (χ4n) is 2.38. The zero-order valence-electron chi connectivity index (χ0n) is 10.7. The second kappa shape index (κ2) is 5.06. The third-order valence-electron chi connectivity index (χ3n) is 3.38. The van der Waals surface area contributed by atoms with Gasteiger partial charge in [-0.15, -0.1) is 0 Å². The first-order valence-electron chi connectivity index (χ1n) is 6.29. The van der Waals surface area contributed by atoms with Gasteiger partial charge in [-0.3, -0.25) is 4.99 Å². The van der Waals surface area contributed by atoms with Gasteiger partial charge in [0.25, 0.3) is 0 Å². The van der Waals surface area contributed by atoms with Gasteiger partial charge in [-0.05, 0) is 29.8 Å². The van der Waals surface area contributed by atoms with Crippen molar-refractivity contribution in [2.24, 2.45) is 10.7 Å². The third-order valence-corrected chi connectivity index (χ3v) is 3.68. The van der Waals surface area contributed by atoms with E-state index >= 15 is 0 Å². The fraction of sp³-hybridized carbons (Fsp3) is 0.133. The molecule has 3 rings (SSSR count). The highest BCUT2D eigenvalue weighted by Gasteiger charge is 2.29. The zero-order valence-corrected chi connectivity index (χ0v) is 11.5. The standard InChI is InChI=1S/C15H14ClN3O/c16-12-8-10(6-7-14(12)20)13-9-18-15(17)19(13)11-4-2-1-3-5-11/h1-8,13,20H,9H2,(H2,17,18).